The monoisotopic (exact) mass is 462 g/mol. The van der Waals surface area contributed by atoms with E-state index in [1.54, 1.807) is 25.4 Å². The Morgan fingerprint density at radius 3 is 2.24 bits per heavy atom. The van der Waals surface area contributed by atoms with E-state index in [9.17, 15) is 14.0 Å². The summed E-state index contributed by atoms with van der Waals surface area (Å²) in [7, 11) is 0. The second kappa shape index (κ2) is 10.2. The van der Waals surface area contributed by atoms with Crippen LogP contribution in [0.4, 0.5) is 4.39 Å². The number of hydrogen-bond donors (Lipinski definition) is 1. The lowest BCUT2D eigenvalue weighted by Gasteiger charge is -2.29. The molecule has 6 nitrogen and oxygen atoms in total. The number of carbonyl (C=O) groups excluding carboxylic acids is 2. The molecule has 0 bridgehead atoms. The number of nitrogens with zero attached hydrogens (tertiary/aromatic N) is 3. The lowest BCUT2D eigenvalue weighted by molar-refractivity contribution is -0.141. The van der Waals surface area contributed by atoms with E-state index < -0.39 is 24.3 Å². The number of halogens is 1. The first-order valence-electron chi connectivity index (χ1n) is 11.7. The first kappa shape index (κ1) is 23.7. The van der Waals surface area contributed by atoms with E-state index in [0.717, 1.165) is 11.1 Å². The number of amides is 2. The van der Waals surface area contributed by atoms with Gasteiger partial charge in [-0.15, -0.1) is 0 Å². The zero-order valence-electron chi connectivity index (χ0n) is 19.8. The van der Waals surface area contributed by atoms with Crippen LogP contribution in [0.3, 0.4) is 0 Å². The van der Waals surface area contributed by atoms with Crippen molar-refractivity contribution in [1.29, 1.82) is 0 Å². The van der Waals surface area contributed by atoms with Crippen LogP contribution in [-0.2, 0) is 9.59 Å². The molecular formula is C27H31FN4O2. The lowest BCUT2D eigenvalue weighted by Crippen LogP contribution is -2.48. The van der Waals surface area contributed by atoms with Crippen LogP contribution in [0, 0.1) is 0 Å². The molecule has 178 valence electrons. The number of likely N-dealkylation sites (tertiary alicyclic amines) is 1. The molecule has 7 heteroatoms. The summed E-state index contributed by atoms with van der Waals surface area (Å²) >= 11 is 0. The summed E-state index contributed by atoms with van der Waals surface area (Å²) in [6.07, 6.45) is 2.01. The van der Waals surface area contributed by atoms with E-state index in [4.69, 9.17) is 0 Å². The number of carbonyl (C=O) groups is 2. The summed E-state index contributed by atoms with van der Waals surface area (Å²) in [5.74, 6) is -0.278. The molecule has 4 atom stereocenters. The molecule has 0 spiro atoms. The van der Waals surface area contributed by atoms with Crippen LogP contribution in [-0.4, -0.2) is 45.3 Å². The van der Waals surface area contributed by atoms with Gasteiger partial charge in [0.2, 0.25) is 11.8 Å². The van der Waals surface area contributed by atoms with Gasteiger partial charge in [0.1, 0.15) is 18.3 Å². The predicted molar refractivity (Wildman–Crippen MR) is 129 cm³/mol. The van der Waals surface area contributed by atoms with Crippen molar-refractivity contribution < 1.29 is 14.0 Å². The molecule has 4 rings (SSSR count). The van der Waals surface area contributed by atoms with Gasteiger partial charge >= 0.3 is 0 Å². The molecule has 1 aliphatic rings. The largest absolute Gasteiger partial charge is 0.343 e. The Morgan fingerprint density at radius 2 is 1.62 bits per heavy atom. The van der Waals surface area contributed by atoms with Crippen molar-refractivity contribution in [2.45, 2.75) is 57.4 Å². The normalized spacial score (nSPS) is 19.7. The van der Waals surface area contributed by atoms with Crippen LogP contribution in [0.5, 0.6) is 0 Å². The smallest absolute Gasteiger partial charge is 0.247 e. The minimum atomic E-state index is -1.25. The maximum absolute atomic E-state index is 14.5. The molecular weight excluding hydrogens is 431 g/mol. The van der Waals surface area contributed by atoms with Crippen LogP contribution in [0.15, 0.2) is 73.1 Å². The summed E-state index contributed by atoms with van der Waals surface area (Å²) in [5, 5.41) is 7.22. The van der Waals surface area contributed by atoms with E-state index in [1.165, 1.54) is 15.1 Å². The maximum Gasteiger partial charge on any atom is 0.247 e. The SMILES string of the molecule is CC(C)c1ccc([C@@H](NC(=O)[C@@H]2C[C@@H](F)CN2C(=O)C(C)n2cccn2)c2ccccc2)cc1. The van der Waals surface area contributed by atoms with E-state index in [1.807, 2.05) is 42.5 Å². The Hall–Kier alpha value is -3.48. The second-order valence-corrected chi connectivity index (χ2v) is 9.18. The van der Waals surface area contributed by atoms with Gasteiger partial charge < -0.3 is 10.2 Å². The molecule has 0 saturated carbocycles. The topological polar surface area (TPSA) is 67.2 Å². The Bertz CT molecular complexity index is 1100. The predicted octanol–water partition coefficient (Wildman–Crippen LogP) is 4.41. The van der Waals surface area contributed by atoms with Crippen molar-refractivity contribution >= 4 is 11.8 Å². The quantitative estimate of drug-likeness (QED) is 0.566. The summed E-state index contributed by atoms with van der Waals surface area (Å²) < 4.78 is 16.0. The van der Waals surface area contributed by atoms with Gasteiger partial charge in [0, 0.05) is 18.8 Å². The fraction of sp³-hybridized carbons (Fsp3) is 0.370. The Morgan fingerprint density at radius 1 is 0.971 bits per heavy atom. The molecule has 3 aromatic rings. The third kappa shape index (κ3) is 5.03. The summed E-state index contributed by atoms with van der Waals surface area (Å²) in [4.78, 5) is 28.0. The third-order valence-electron chi connectivity index (χ3n) is 6.47. The Labute approximate surface area is 199 Å². The van der Waals surface area contributed by atoms with Crippen LogP contribution in [0.1, 0.15) is 61.9 Å². The summed E-state index contributed by atoms with van der Waals surface area (Å²) in [5.41, 5.74) is 3.06. The highest BCUT2D eigenvalue weighted by Crippen LogP contribution is 2.28. The van der Waals surface area contributed by atoms with Gasteiger partial charge in [0.05, 0.1) is 12.6 Å². The van der Waals surface area contributed by atoms with E-state index >= 15 is 0 Å². The van der Waals surface area contributed by atoms with Gasteiger partial charge in [0.15, 0.2) is 0 Å². The highest BCUT2D eigenvalue weighted by Gasteiger charge is 2.42. The van der Waals surface area contributed by atoms with Crippen LogP contribution in [0.25, 0.3) is 0 Å². The molecule has 0 radical (unpaired) electrons. The van der Waals surface area contributed by atoms with Crippen molar-refractivity contribution in [2.24, 2.45) is 0 Å². The Kier molecular flexibility index (Phi) is 7.10. The van der Waals surface area contributed by atoms with Crippen molar-refractivity contribution in [1.82, 2.24) is 20.0 Å². The molecule has 1 aromatic heterocycles. The molecule has 1 unspecified atom stereocenters. The summed E-state index contributed by atoms with van der Waals surface area (Å²) in [6, 6.07) is 17.7. The lowest BCUT2D eigenvalue weighted by atomic mass is 9.95. The van der Waals surface area contributed by atoms with Gasteiger partial charge in [0.25, 0.3) is 0 Å². The second-order valence-electron chi connectivity index (χ2n) is 9.18. The summed E-state index contributed by atoms with van der Waals surface area (Å²) in [6.45, 7) is 5.88. The van der Waals surface area contributed by atoms with Gasteiger partial charge in [-0.25, -0.2) is 4.39 Å². The first-order valence-corrected chi connectivity index (χ1v) is 11.7. The standard InChI is InChI=1S/C27H31FN4O2/c1-18(2)20-10-12-22(13-11-20)25(21-8-5-4-6-9-21)30-26(33)24-16-23(28)17-31(24)27(34)19(3)32-15-7-14-29-32/h4-15,18-19,23-25H,16-17H2,1-3H3,(H,30,33)/t19?,23-,24+,25+/m1/s1. The van der Waals surface area contributed by atoms with Crippen LogP contribution >= 0.6 is 0 Å². The average Bonchev–Trinajstić information content (AvgIpc) is 3.52. The van der Waals surface area contributed by atoms with Gasteiger partial charge in [-0.2, -0.15) is 5.10 Å². The number of rotatable bonds is 7. The highest BCUT2D eigenvalue weighted by molar-refractivity contribution is 5.90. The minimum absolute atomic E-state index is 0.0167. The van der Waals surface area contributed by atoms with E-state index in [2.05, 4.69) is 36.4 Å². The molecule has 0 aliphatic carbocycles. The fourth-order valence-corrected chi connectivity index (χ4v) is 4.46. The first-order chi connectivity index (χ1) is 16.3. The molecule has 2 amide bonds. The van der Waals surface area contributed by atoms with Crippen LogP contribution in [0.2, 0.25) is 0 Å². The highest BCUT2D eigenvalue weighted by atomic mass is 19.1. The molecule has 1 N–H and O–H groups in total. The number of alkyl halides is 1. The number of nitrogens with one attached hydrogen (secondary N) is 1. The van der Waals surface area contributed by atoms with Gasteiger partial charge in [-0.05, 0) is 35.6 Å². The molecule has 1 fully saturated rings. The minimum Gasteiger partial charge on any atom is -0.343 e. The number of hydrogen-bond acceptors (Lipinski definition) is 3. The zero-order valence-corrected chi connectivity index (χ0v) is 19.8. The molecule has 1 saturated heterocycles. The van der Waals surface area contributed by atoms with Gasteiger partial charge in [-0.3, -0.25) is 14.3 Å². The number of benzene rings is 2. The maximum atomic E-state index is 14.5. The fourth-order valence-electron chi connectivity index (χ4n) is 4.46. The van der Waals surface area contributed by atoms with E-state index in [-0.39, 0.29) is 24.8 Å². The van der Waals surface area contributed by atoms with Crippen molar-refractivity contribution in [3.63, 3.8) is 0 Å². The molecule has 2 heterocycles. The van der Waals surface area contributed by atoms with Crippen molar-refractivity contribution in [3.8, 4) is 0 Å². The number of aromatic nitrogens is 2. The van der Waals surface area contributed by atoms with Crippen molar-refractivity contribution in [3.05, 3.63) is 89.7 Å². The average molecular weight is 463 g/mol. The van der Waals surface area contributed by atoms with Crippen LogP contribution < -0.4 is 5.32 Å². The third-order valence-corrected chi connectivity index (χ3v) is 6.47. The molecule has 1 aliphatic heterocycles. The zero-order chi connectivity index (χ0) is 24.2. The van der Waals surface area contributed by atoms with E-state index in [0.29, 0.717) is 5.92 Å². The molecule has 2 aromatic carbocycles. The molecule has 34 heavy (non-hydrogen) atoms. The van der Waals surface area contributed by atoms with Gasteiger partial charge in [-0.1, -0.05) is 68.4 Å². The Balaban J connectivity index is 1.58. The van der Waals surface area contributed by atoms with Crippen molar-refractivity contribution in [2.75, 3.05) is 6.54 Å².